The molecule has 15 heavy (non-hydrogen) atoms. The van der Waals surface area contributed by atoms with Crippen LogP contribution in [0.5, 0.6) is 0 Å². The second kappa shape index (κ2) is 5.55. The monoisotopic (exact) mass is 229 g/mol. The van der Waals surface area contributed by atoms with Crippen LogP contribution in [0, 0.1) is 5.92 Å². The van der Waals surface area contributed by atoms with E-state index >= 15 is 0 Å². The van der Waals surface area contributed by atoms with Crippen LogP contribution < -0.4 is 5.32 Å². The maximum atomic E-state index is 9.74. The molecule has 3 heteroatoms. The molecule has 0 amide bonds. The lowest BCUT2D eigenvalue weighted by Crippen LogP contribution is -2.42. The fraction of sp³-hybridized carbons (Fsp3) is 1.00. The molecule has 2 N–H and O–H groups in total. The predicted octanol–water partition coefficient (Wildman–Crippen LogP) is 2.02. The molecule has 0 aromatic rings. The first-order chi connectivity index (χ1) is 7.27. The van der Waals surface area contributed by atoms with Gasteiger partial charge in [-0.1, -0.05) is 13.3 Å². The second-order valence-electron chi connectivity index (χ2n) is 4.99. The molecule has 2 nitrogen and oxygen atoms in total. The number of hydrogen-bond donors (Lipinski definition) is 2. The van der Waals surface area contributed by atoms with Crippen LogP contribution in [-0.4, -0.2) is 34.8 Å². The molecule has 2 fully saturated rings. The predicted molar refractivity (Wildman–Crippen MR) is 66.3 cm³/mol. The Balaban J connectivity index is 1.72. The number of aliphatic hydroxyl groups excluding tert-OH is 1. The minimum Gasteiger partial charge on any atom is -0.393 e. The molecule has 2 aliphatic rings. The van der Waals surface area contributed by atoms with Crippen molar-refractivity contribution in [3.63, 3.8) is 0 Å². The van der Waals surface area contributed by atoms with Crippen molar-refractivity contribution in [3.8, 4) is 0 Å². The number of nitrogens with one attached hydrogen (secondary N) is 1. The minimum absolute atomic E-state index is 0.0379. The summed E-state index contributed by atoms with van der Waals surface area (Å²) in [7, 11) is 0. The highest BCUT2D eigenvalue weighted by Gasteiger charge is 2.27. The SMILES string of the molecule is CC1SCCCC1NCC1CCCC1O. The lowest BCUT2D eigenvalue weighted by atomic mass is 10.0. The van der Waals surface area contributed by atoms with Gasteiger partial charge < -0.3 is 10.4 Å². The number of rotatable bonds is 3. The molecule has 2 rings (SSSR count). The quantitative estimate of drug-likeness (QED) is 0.776. The standard InChI is InChI=1S/C12H23NOS/c1-9-11(5-3-7-15-9)13-8-10-4-2-6-12(10)14/h9-14H,2-8H2,1H3. The van der Waals surface area contributed by atoms with Crippen molar-refractivity contribution >= 4 is 11.8 Å². The molecular weight excluding hydrogens is 206 g/mol. The third-order valence-corrected chi connectivity index (χ3v) is 5.25. The molecule has 88 valence electrons. The lowest BCUT2D eigenvalue weighted by molar-refractivity contribution is 0.129. The summed E-state index contributed by atoms with van der Waals surface area (Å²) in [5.41, 5.74) is 0. The van der Waals surface area contributed by atoms with Crippen LogP contribution in [0.15, 0.2) is 0 Å². The van der Waals surface area contributed by atoms with Crippen molar-refractivity contribution in [3.05, 3.63) is 0 Å². The Hall–Kier alpha value is 0.270. The van der Waals surface area contributed by atoms with Gasteiger partial charge >= 0.3 is 0 Å². The van der Waals surface area contributed by atoms with Gasteiger partial charge in [0.15, 0.2) is 0 Å². The highest BCUT2D eigenvalue weighted by atomic mass is 32.2. The zero-order chi connectivity index (χ0) is 10.7. The largest absolute Gasteiger partial charge is 0.393 e. The van der Waals surface area contributed by atoms with Crippen LogP contribution in [0.3, 0.4) is 0 Å². The van der Waals surface area contributed by atoms with Crippen molar-refractivity contribution in [2.75, 3.05) is 12.3 Å². The fourth-order valence-corrected chi connectivity index (χ4v) is 3.92. The van der Waals surface area contributed by atoms with Crippen molar-refractivity contribution in [2.24, 2.45) is 5.92 Å². The molecule has 1 aliphatic carbocycles. The smallest absolute Gasteiger partial charge is 0.0580 e. The summed E-state index contributed by atoms with van der Waals surface area (Å²) in [6.45, 7) is 3.35. The van der Waals surface area contributed by atoms with Crippen LogP contribution in [0.25, 0.3) is 0 Å². The van der Waals surface area contributed by atoms with E-state index in [4.69, 9.17) is 0 Å². The maximum Gasteiger partial charge on any atom is 0.0580 e. The molecule has 4 unspecified atom stereocenters. The van der Waals surface area contributed by atoms with Gasteiger partial charge in [-0.05, 0) is 37.4 Å². The van der Waals surface area contributed by atoms with E-state index < -0.39 is 0 Å². The summed E-state index contributed by atoms with van der Waals surface area (Å²) < 4.78 is 0. The lowest BCUT2D eigenvalue weighted by Gasteiger charge is -2.30. The summed E-state index contributed by atoms with van der Waals surface area (Å²) in [5, 5.41) is 14.1. The summed E-state index contributed by atoms with van der Waals surface area (Å²) in [6.07, 6.45) is 6.06. The molecule has 1 heterocycles. The van der Waals surface area contributed by atoms with Crippen molar-refractivity contribution in [2.45, 2.75) is 56.4 Å². The first kappa shape index (κ1) is 11.7. The van der Waals surface area contributed by atoms with Crippen molar-refractivity contribution in [1.29, 1.82) is 0 Å². The molecule has 4 atom stereocenters. The molecular formula is C12H23NOS. The normalized spacial score (nSPS) is 42.0. The summed E-state index contributed by atoms with van der Waals surface area (Å²) in [4.78, 5) is 0. The Morgan fingerprint density at radius 3 is 2.80 bits per heavy atom. The van der Waals surface area contributed by atoms with Gasteiger partial charge in [-0.3, -0.25) is 0 Å². The summed E-state index contributed by atoms with van der Waals surface area (Å²) >= 11 is 2.08. The molecule has 1 saturated heterocycles. The topological polar surface area (TPSA) is 32.3 Å². The number of thioether (sulfide) groups is 1. The van der Waals surface area contributed by atoms with Gasteiger partial charge in [0.05, 0.1) is 6.10 Å². The molecule has 0 radical (unpaired) electrons. The average Bonchev–Trinajstić information content (AvgIpc) is 2.63. The van der Waals surface area contributed by atoms with Crippen LogP contribution in [0.1, 0.15) is 39.0 Å². The van der Waals surface area contributed by atoms with Gasteiger partial charge in [-0.25, -0.2) is 0 Å². The van der Waals surface area contributed by atoms with Crippen LogP contribution >= 0.6 is 11.8 Å². The molecule has 0 aromatic heterocycles. The van der Waals surface area contributed by atoms with Gasteiger partial charge in [0.2, 0.25) is 0 Å². The van der Waals surface area contributed by atoms with Gasteiger partial charge in [0.25, 0.3) is 0 Å². The highest BCUT2D eigenvalue weighted by molar-refractivity contribution is 7.99. The van der Waals surface area contributed by atoms with E-state index in [1.807, 2.05) is 0 Å². The third-order valence-electron chi connectivity index (χ3n) is 3.87. The molecule has 1 aliphatic heterocycles. The number of hydrogen-bond acceptors (Lipinski definition) is 3. The fourth-order valence-electron chi connectivity index (χ4n) is 2.75. The van der Waals surface area contributed by atoms with Gasteiger partial charge in [0, 0.05) is 17.8 Å². The van der Waals surface area contributed by atoms with E-state index in [1.54, 1.807) is 0 Å². The van der Waals surface area contributed by atoms with E-state index in [0.717, 1.165) is 18.2 Å². The zero-order valence-electron chi connectivity index (χ0n) is 9.61. The van der Waals surface area contributed by atoms with E-state index in [-0.39, 0.29) is 6.10 Å². The Labute approximate surface area is 97.2 Å². The highest BCUT2D eigenvalue weighted by Crippen LogP contribution is 2.27. The van der Waals surface area contributed by atoms with Crippen LogP contribution in [-0.2, 0) is 0 Å². The number of aliphatic hydroxyl groups is 1. The Bertz CT molecular complexity index is 200. The average molecular weight is 229 g/mol. The molecule has 1 saturated carbocycles. The van der Waals surface area contributed by atoms with E-state index in [1.165, 1.54) is 31.4 Å². The Kier molecular flexibility index (Phi) is 4.35. The molecule has 0 spiro atoms. The zero-order valence-corrected chi connectivity index (χ0v) is 10.4. The maximum absolute atomic E-state index is 9.74. The van der Waals surface area contributed by atoms with Gasteiger partial charge in [-0.2, -0.15) is 11.8 Å². The molecule has 0 bridgehead atoms. The van der Waals surface area contributed by atoms with Crippen LogP contribution in [0.4, 0.5) is 0 Å². The minimum atomic E-state index is -0.0379. The first-order valence-corrected chi connectivity index (χ1v) is 7.35. The summed E-state index contributed by atoms with van der Waals surface area (Å²) in [5.74, 6) is 1.84. The van der Waals surface area contributed by atoms with Gasteiger partial charge in [0.1, 0.15) is 0 Å². The van der Waals surface area contributed by atoms with E-state index in [0.29, 0.717) is 12.0 Å². The van der Waals surface area contributed by atoms with E-state index in [2.05, 4.69) is 24.0 Å². The second-order valence-corrected chi connectivity index (χ2v) is 6.48. The third kappa shape index (κ3) is 3.11. The van der Waals surface area contributed by atoms with Crippen molar-refractivity contribution in [1.82, 2.24) is 5.32 Å². The van der Waals surface area contributed by atoms with E-state index in [9.17, 15) is 5.11 Å². The molecule has 0 aromatic carbocycles. The van der Waals surface area contributed by atoms with Crippen molar-refractivity contribution < 1.29 is 5.11 Å². The Morgan fingerprint density at radius 2 is 2.13 bits per heavy atom. The van der Waals surface area contributed by atoms with Gasteiger partial charge in [-0.15, -0.1) is 0 Å². The Morgan fingerprint density at radius 1 is 1.27 bits per heavy atom. The van der Waals surface area contributed by atoms with Crippen LogP contribution in [0.2, 0.25) is 0 Å². The first-order valence-electron chi connectivity index (χ1n) is 6.30. The summed E-state index contributed by atoms with van der Waals surface area (Å²) in [6, 6.07) is 0.677.